The van der Waals surface area contributed by atoms with E-state index in [9.17, 15) is 15.0 Å². The molecule has 0 aliphatic carbocycles. The van der Waals surface area contributed by atoms with Crippen LogP contribution in [-0.4, -0.2) is 22.1 Å². The number of aliphatic hydroxyl groups excluding tert-OH is 1. The first kappa shape index (κ1) is 14.3. The third kappa shape index (κ3) is 3.93. The van der Waals surface area contributed by atoms with Crippen molar-refractivity contribution in [2.75, 3.05) is 0 Å². The van der Waals surface area contributed by atoms with Gasteiger partial charge >= 0.3 is 0 Å². The number of hydrogen-bond acceptors (Lipinski definition) is 3. The van der Waals surface area contributed by atoms with E-state index in [-0.39, 0.29) is 11.5 Å². The summed E-state index contributed by atoms with van der Waals surface area (Å²) in [4.78, 5) is 12.0. The minimum atomic E-state index is -0.983. The highest BCUT2D eigenvalue weighted by molar-refractivity contribution is 5.99. The van der Waals surface area contributed by atoms with Gasteiger partial charge in [-0.3, -0.25) is 4.79 Å². The molecule has 3 nitrogen and oxygen atoms in total. The summed E-state index contributed by atoms with van der Waals surface area (Å²) >= 11 is 0. The topological polar surface area (TPSA) is 57.5 Å². The average molecular weight is 270 g/mol. The van der Waals surface area contributed by atoms with E-state index in [2.05, 4.69) is 0 Å². The van der Waals surface area contributed by atoms with Gasteiger partial charge in [-0.05, 0) is 49.1 Å². The molecule has 0 bridgehead atoms. The minimum Gasteiger partial charge on any atom is -0.508 e. The zero-order valence-corrected chi connectivity index (χ0v) is 11.2. The van der Waals surface area contributed by atoms with Crippen LogP contribution in [0.3, 0.4) is 0 Å². The Kier molecular flexibility index (Phi) is 4.91. The number of phenolic OH excluding ortho intramolecular Hbond substituents is 1. The van der Waals surface area contributed by atoms with E-state index in [1.165, 1.54) is 29.8 Å². The number of Topliss-reactive ketones (excluding diaryl/α,β-unsaturated/α-hetero) is 1. The van der Waals surface area contributed by atoms with Crippen molar-refractivity contribution in [1.82, 2.24) is 0 Å². The Labute approximate surface area is 118 Å². The molecule has 0 saturated heterocycles. The summed E-state index contributed by atoms with van der Waals surface area (Å²) in [5.41, 5.74) is 1.63. The Bertz CT molecular complexity index is 546. The number of phenols is 1. The van der Waals surface area contributed by atoms with Gasteiger partial charge in [0.15, 0.2) is 5.78 Å². The summed E-state index contributed by atoms with van der Waals surface area (Å²) in [5, 5.41) is 19.1. The van der Waals surface area contributed by atoms with E-state index in [4.69, 9.17) is 0 Å². The smallest absolute Gasteiger partial charge is 0.191 e. The van der Waals surface area contributed by atoms with Crippen LogP contribution >= 0.6 is 0 Å². The molecule has 3 heteroatoms. The monoisotopic (exact) mass is 270 g/mol. The number of aliphatic hydroxyl groups is 1. The Morgan fingerprint density at radius 1 is 1.00 bits per heavy atom. The normalized spacial score (nSPS) is 12.1. The van der Waals surface area contributed by atoms with Crippen molar-refractivity contribution < 1.29 is 15.0 Å². The van der Waals surface area contributed by atoms with E-state index in [1.807, 2.05) is 30.3 Å². The molecule has 104 valence electrons. The summed E-state index contributed by atoms with van der Waals surface area (Å²) in [5.74, 6) is -0.182. The van der Waals surface area contributed by atoms with Gasteiger partial charge in [-0.2, -0.15) is 0 Å². The largest absolute Gasteiger partial charge is 0.508 e. The molecule has 2 rings (SSSR count). The van der Waals surface area contributed by atoms with Crippen LogP contribution < -0.4 is 0 Å². The molecule has 0 unspecified atom stereocenters. The highest BCUT2D eigenvalue weighted by Gasteiger charge is 2.16. The third-order valence-electron chi connectivity index (χ3n) is 3.24. The molecule has 0 spiro atoms. The molecule has 2 N–H and O–H groups in total. The molecule has 2 aromatic carbocycles. The molecule has 0 fully saturated rings. The number of aryl methyl sites for hydroxylation is 1. The molecular weight excluding hydrogens is 252 g/mol. The van der Waals surface area contributed by atoms with Crippen LogP contribution in [0.2, 0.25) is 0 Å². The first-order valence-electron chi connectivity index (χ1n) is 6.72. The highest BCUT2D eigenvalue weighted by atomic mass is 16.3. The SMILES string of the molecule is O=C(c1ccc(O)cc1)[C@@H](O)CCCc1ccccc1. The molecule has 0 radical (unpaired) electrons. The second kappa shape index (κ2) is 6.87. The third-order valence-corrected chi connectivity index (χ3v) is 3.24. The fourth-order valence-electron chi connectivity index (χ4n) is 2.09. The van der Waals surface area contributed by atoms with Crippen molar-refractivity contribution in [2.24, 2.45) is 0 Å². The van der Waals surface area contributed by atoms with Gasteiger partial charge < -0.3 is 10.2 Å². The van der Waals surface area contributed by atoms with Gasteiger partial charge in [0, 0.05) is 5.56 Å². The number of benzene rings is 2. The van der Waals surface area contributed by atoms with Crippen LogP contribution in [0.25, 0.3) is 0 Å². The van der Waals surface area contributed by atoms with Crippen LogP contribution in [0.5, 0.6) is 5.75 Å². The van der Waals surface area contributed by atoms with Crippen LogP contribution in [0, 0.1) is 0 Å². The quantitative estimate of drug-likeness (QED) is 0.793. The van der Waals surface area contributed by atoms with Gasteiger partial charge in [0.25, 0.3) is 0 Å². The van der Waals surface area contributed by atoms with E-state index in [1.54, 1.807) is 0 Å². The fraction of sp³-hybridized carbons (Fsp3) is 0.235. The van der Waals surface area contributed by atoms with Gasteiger partial charge in [0.2, 0.25) is 0 Å². The molecule has 0 aromatic heterocycles. The maximum atomic E-state index is 12.0. The summed E-state index contributed by atoms with van der Waals surface area (Å²) in [7, 11) is 0. The molecule has 2 aromatic rings. The molecule has 0 amide bonds. The predicted octanol–water partition coefficient (Wildman–Crippen LogP) is 2.96. The van der Waals surface area contributed by atoms with Crippen molar-refractivity contribution in [2.45, 2.75) is 25.4 Å². The van der Waals surface area contributed by atoms with Crippen LogP contribution in [0.15, 0.2) is 54.6 Å². The molecule has 0 aliphatic heterocycles. The van der Waals surface area contributed by atoms with Gasteiger partial charge in [0.05, 0.1) is 0 Å². The molecule has 0 saturated carbocycles. The summed E-state index contributed by atoms with van der Waals surface area (Å²) in [6, 6.07) is 15.9. The number of rotatable bonds is 6. The Morgan fingerprint density at radius 3 is 2.30 bits per heavy atom. The van der Waals surface area contributed by atoms with Crippen LogP contribution in [0.4, 0.5) is 0 Å². The highest BCUT2D eigenvalue weighted by Crippen LogP contribution is 2.14. The molecule has 0 aliphatic rings. The maximum absolute atomic E-state index is 12.0. The van der Waals surface area contributed by atoms with Crippen molar-refractivity contribution in [3.63, 3.8) is 0 Å². The van der Waals surface area contributed by atoms with Crippen molar-refractivity contribution in [1.29, 1.82) is 0 Å². The van der Waals surface area contributed by atoms with Gasteiger partial charge in [0.1, 0.15) is 11.9 Å². The number of carbonyl (C=O) groups is 1. The Hall–Kier alpha value is -2.13. The second-order valence-electron chi connectivity index (χ2n) is 4.80. The molecule has 0 heterocycles. The lowest BCUT2D eigenvalue weighted by Crippen LogP contribution is -2.20. The lowest BCUT2D eigenvalue weighted by Gasteiger charge is -2.09. The Balaban J connectivity index is 1.84. The summed E-state index contributed by atoms with van der Waals surface area (Å²) in [6.07, 6.45) is 1.06. The number of aromatic hydroxyl groups is 1. The van der Waals surface area contributed by atoms with Crippen molar-refractivity contribution >= 4 is 5.78 Å². The summed E-state index contributed by atoms with van der Waals surface area (Å²) < 4.78 is 0. The van der Waals surface area contributed by atoms with E-state index in [0.29, 0.717) is 12.0 Å². The molecular formula is C17H18O3. The Morgan fingerprint density at radius 2 is 1.65 bits per heavy atom. The maximum Gasteiger partial charge on any atom is 0.191 e. The van der Waals surface area contributed by atoms with E-state index in [0.717, 1.165) is 12.8 Å². The van der Waals surface area contributed by atoms with Gasteiger partial charge in [-0.25, -0.2) is 0 Å². The minimum absolute atomic E-state index is 0.111. The lowest BCUT2D eigenvalue weighted by atomic mass is 10.00. The molecule has 20 heavy (non-hydrogen) atoms. The number of ketones is 1. The predicted molar refractivity (Wildman–Crippen MR) is 77.8 cm³/mol. The number of hydrogen-bond donors (Lipinski definition) is 2. The van der Waals surface area contributed by atoms with E-state index < -0.39 is 6.10 Å². The fourth-order valence-corrected chi connectivity index (χ4v) is 2.09. The number of carbonyl (C=O) groups excluding carboxylic acids is 1. The summed E-state index contributed by atoms with van der Waals surface area (Å²) in [6.45, 7) is 0. The zero-order valence-electron chi connectivity index (χ0n) is 11.2. The van der Waals surface area contributed by atoms with Gasteiger partial charge in [-0.1, -0.05) is 30.3 Å². The lowest BCUT2D eigenvalue weighted by molar-refractivity contribution is 0.0727. The van der Waals surface area contributed by atoms with Gasteiger partial charge in [-0.15, -0.1) is 0 Å². The van der Waals surface area contributed by atoms with Crippen molar-refractivity contribution in [3.05, 3.63) is 65.7 Å². The second-order valence-corrected chi connectivity index (χ2v) is 4.80. The first-order valence-corrected chi connectivity index (χ1v) is 6.72. The molecule has 1 atom stereocenters. The van der Waals surface area contributed by atoms with E-state index >= 15 is 0 Å². The standard InChI is InChI=1S/C17H18O3/c18-15-11-9-14(10-12-15)17(20)16(19)8-4-7-13-5-2-1-3-6-13/h1-3,5-6,9-12,16,18-19H,4,7-8H2/t16-/m0/s1. The van der Waals surface area contributed by atoms with Crippen LogP contribution in [0.1, 0.15) is 28.8 Å². The van der Waals surface area contributed by atoms with Crippen molar-refractivity contribution in [3.8, 4) is 5.75 Å². The van der Waals surface area contributed by atoms with Crippen LogP contribution in [-0.2, 0) is 6.42 Å². The first-order chi connectivity index (χ1) is 9.66. The average Bonchev–Trinajstić information content (AvgIpc) is 2.48. The zero-order chi connectivity index (χ0) is 14.4.